The number of nitrogens with zero attached hydrogens (tertiary/aromatic N) is 1. The molecular weight excluding hydrogens is 475 g/mol. The lowest BCUT2D eigenvalue weighted by atomic mass is 10.1. The summed E-state index contributed by atoms with van der Waals surface area (Å²) in [7, 11) is 0. The Kier molecular flexibility index (Phi) is 6.07. The molecule has 0 saturated heterocycles. The van der Waals surface area contributed by atoms with Gasteiger partial charge in [-0.05, 0) is 44.2 Å². The fourth-order valence-electron chi connectivity index (χ4n) is 3.68. The number of alkyl halides is 3. The third-order valence-electron chi connectivity index (χ3n) is 5.22. The number of rotatable bonds is 5. The van der Waals surface area contributed by atoms with E-state index in [-0.39, 0.29) is 21.2 Å². The van der Waals surface area contributed by atoms with E-state index < -0.39 is 30.1 Å². The Balaban J connectivity index is 1.55. The highest BCUT2D eigenvalue weighted by Crippen LogP contribution is 2.36. The van der Waals surface area contributed by atoms with E-state index in [1.54, 1.807) is 36.6 Å². The highest BCUT2D eigenvalue weighted by molar-refractivity contribution is 7.21. The van der Waals surface area contributed by atoms with Crippen molar-refractivity contribution in [3.05, 3.63) is 87.0 Å². The Morgan fingerprint density at radius 3 is 2.48 bits per heavy atom. The van der Waals surface area contributed by atoms with Crippen LogP contribution in [0, 0.1) is 13.8 Å². The normalized spacial score (nSPS) is 11.7. The van der Waals surface area contributed by atoms with E-state index in [1.165, 1.54) is 23.5 Å². The molecule has 2 aromatic heterocycles. The first-order valence-corrected chi connectivity index (χ1v) is 11.0. The Bertz CT molecular complexity index is 1390. The number of thiophene rings is 1. The minimum Gasteiger partial charge on any atom is -0.453 e. The lowest BCUT2D eigenvalue weighted by molar-refractivity contribution is -0.137. The monoisotopic (exact) mass is 491 g/mol. The summed E-state index contributed by atoms with van der Waals surface area (Å²) in [6.07, 6.45) is -4.48. The molecule has 0 radical (unpaired) electrons. The first-order valence-electron chi connectivity index (χ1n) is 9.82. The van der Waals surface area contributed by atoms with E-state index in [0.717, 1.165) is 22.2 Å². The van der Waals surface area contributed by atoms with Gasteiger partial charge < -0.3 is 9.30 Å². The summed E-state index contributed by atoms with van der Waals surface area (Å²) in [5, 5.41) is 1.00. The van der Waals surface area contributed by atoms with E-state index in [1.807, 2.05) is 12.1 Å². The number of ether oxygens (including phenoxy) is 1. The van der Waals surface area contributed by atoms with Crippen LogP contribution in [0.5, 0.6) is 0 Å². The number of ketones is 1. The zero-order valence-electron chi connectivity index (χ0n) is 17.5. The summed E-state index contributed by atoms with van der Waals surface area (Å²) in [5.41, 5.74) is 0.796. The molecule has 2 aromatic carbocycles. The number of Topliss-reactive ketones (excluding diaryl/α,β-unsaturated/α-hetero) is 1. The molecule has 170 valence electrons. The zero-order chi connectivity index (χ0) is 23.9. The van der Waals surface area contributed by atoms with Gasteiger partial charge in [0.05, 0.1) is 10.6 Å². The maximum Gasteiger partial charge on any atom is 0.416 e. The molecule has 2 heterocycles. The summed E-state index contributed by atoms with van der Waals surface area (Å²) >= 11 is 7.46. The molecule has 0 aliphatic rings. The topological polar surface area (TPSA) is 48.3 Å². The van der Waals surface area contributed by atoms with Crippen molar-refractivity contribution in [3.63, 3.8) is 0 Å². The molecule has 0 saturated carbocycles. The summed E-state index contributed by atoms with van der Waals surface area (Å²) < 4.78 is 46.9. The maximum atomic E-state index is 13.1. The molecule has 0 fully saturated rings. The number of esters is 1. The number of halogens is 4. The molecule has 0 N–H and O–H groups in total. The average molecular weight is 492 g/mol. The average Bonchev–Trinajstić information content (AvgIpc) is 3.27. The van der Waals surface area contributed by atoms with Gasteiger partial charge in [-0.2, -0.15) is 13.2 Å². The van der Waals surface area contributed by atoms with Crippen LogP contribution in [0.2, 0.25) is 5.02 Å². The number of fused-ring (bicyclic) bond motifs is 1. The summed E-state index contributed by atoms with van der Waals surface area (Å²) in [6, 6.07) is 13.7. The largest absolute Gasteiger partial charge is 0.453 e. The van der Waals surface area contributed by atoms with Crippen molar-refractivity contribution in [2.75, 3.05) is 6.61 Å². The van der Waals surface area contributed by atoms with Gasteiger partial charge >= 0.3 is 12.1 Å². The van der Waals surface area contributed by atoms with Crippen molar-refractivity contribution < 1.29 is 27.5 Å². The molecule has 0 amide bonds. The van der Waals surface area contributed by atoms with Crippen LogP contribution in [-0.4, -0.2) is 22.9 Å². The number of benzene rings is 2. The van der Waals surface area contributed by atoms with E-state index >= 15 is 0 Å². The van der Waals surface area contributed by atoms with Crippen molar-refractivity contribution in [2.45, 2.75) is 20.0 Å². The molecule has 0 aliphatic heterocycles. The van der Waals surface area contributed by atoms with E-state index in [4.69, 9.17) is 16.3 Å². The number of carbonyl (C=O) groups excluding carboxylic acids is 2. The number of carbonyl (C=O) groups is 2. The third-order valence-corrected chi connectivity index (χ3v) is 6.87. The molecule has 33 heavy (non-hydrogen) atoms. The van der Waals surface area contributed by atoms with Crippen molar-refractivity contribution in [1.29, 1.82) is 0 Å². The van der Waals surface area contributed by atoms with Gasteiger partial charge in [0.2, 0.25) is 5.78 Å². The van der Waals surface area contributed by atoms with Crippen LogP contribution in [0.1, 0.15) is 37.0 Å². The number of hydrogen-bond donors (Lipinski definition) is 0. The Morgan fingerprint density at radius 1 is 1.06 bits per heavy atom. The van der Waals surface area contributed by atoms with Gasteiger partial charge in [0.1, 0.15) is 4.88 Å². The van der Waals surface area contributed by atoms with Crippen LogP contribution in [0.25, 0.3) is 15.8 Å². The Labute approximate surface area is 196 Å². The highest BCUT2D eigenvalue weighted by atomic mass is 35.5. The first-order chi connectivity index (χ1) is 15.6. The lowest BCUT2D eigenvalue weighted by Crippen LogP contribution is -2.14. The van der Waals surface area contributed by atoms with Crippen LogP contribution in [0.3, 0.4) is 0 Å². The zero-order valence-corrected chi connectivity index (χ0v) is 19.1. The van der Waals surface area contributed by atoms with Gasteiger partial charge in [-0.3, -0.25) is 4.79 Å². The minimum atomic E-state index is -4.48. The molecular formula is C24H17ClF3NO3S. The molecule has 4 aromatic rings. The summed E-state index contributed by atoms with van der Waals surface area (Å²) in [6.45, 7) is 2.80. The lowest BCUT2D eigenvalue weighted by Gasteiger charge is -2.13. The molecule has 4 rings (SSSR count). The second-order valence-electron chi connectivity index (χ2n) is 7.41. The SMILES string of the molecule is Cc1cc(C(=O)COC(=O)c2sc3ccccc3c2Cl)c(C)n1-c1cccc(C(F)(F)F)c1. The van der Waals surface area contributed by atoms with Gasteiger partial charge in [-0.25, -0.2) is 4.79 Å². The fraction of sp³-hybridized carbons (Fsp3) is 0.167. The van der Waals surface area contributed by atoms with Gasteiger partial charge in [0.25, 0.3) is 0 Å². The van der Waals surface area contributed by atoms with Crippen LogP contribution < -0.4 is 0 Å². The van der Waals surface area contributed by atoms with Crippen molar-refractivity contribution in [1.82, 2.24) is 4.57 Å². The van der Waals surface area contributed by atoms with Crippen LogP contribution >= 0.6 is 22.9 Å². The van der Waals surface area contributed by atoms with Crippen molar-refractivity contribution in [2.24, 2.45) is 0 Å². The first kappa shape index (κ1) is 23.1. The molecule has 4 nitrogen and oxygen atoms in total. The standard InChI is InChI=1S/C24H17ClF3NO3S/c1-13-10-18(14(2)29(13)16-7-5-6-15(11-16)24(26,27)28)19(30)12-32-23(31)22-21(25)17-8-3-4-9-20(17)33-22/h3-11H,12H2,1-2H3. The number of hydrogen-bond acceptors (Lipinski definition) is 4. The van der Waals surface area contributed by atoms with E-state index in [2.05, 4.69) is 0 Å². The molecule has 0 bridgehead atoms. The highest BCUT2D eigenvalue weighted by Gasteiger charge is 2.31. The maximum absolute atomic E-state index is 13.1. The van der Waals surface area contributed by atoms with Crippen molar-refractivity contribution in [3.8, 4) is 5.69 Å². The van der Waals surface area contributed by atoms with Gasteiger partial charge in [0.15, 0.2) is 6.61 Å². The third kappa shape index (κ3) is 4.41. The molecule has 0 aliphatic carbocycles. The van der Waals surface area contributed by atoms with Crippen LogP contribution in [0.4, 0.5) is 13.2 Å². The van der Waals surface area contributed by atoms with Gasteiger partial charge in [0, 0.05) is 32.7 Å². The Morgan fingerprint density at radius 2 is 1.79 bits per heavy atom. The second-order valence-corrected chi connectivity index (χ2v) is 8.84. The van der Waals surface area contributed by atoms with E-state index in [0.29, 0.717) is 11.4 Å². The predicted molar refractivity (Wildman–Crippen MR) is 122 cm³/mol. The molecule has 0 atom stereocenters. The van der Waals surface area contributed by atoms with E-state index in [9.17, 15) is 22.8 Å². The predicted octanol–water partition coefficient (Wildman–Crippen LogP) is 7.02. The van der Waals surface area contributed by atoms with Gasteiger partial charge in [-0.1, -0.05) is 35.9 Å². The fourth-order valence-corrected chi connectivity index (χ4v) is 5.09. The Hall–Kier alpha value is -3.10. The quantitative estimate of drug-likeness (QED) is 0.222. The second kappa shape index (κ2) is 8.68. The number of aryl methyl sites for hydroxylation is 1. The molecule has 0 spiro atoms. The summed E-state index contributed by atoms with van der Waals surface area (Å²) in [5.74, 6) is -1.17. The molecule has 0 unspecified atom stereocenters. The molecule has 9 heteroatoms. The number of aromatic nitrogens is 1. The minimum absolute atomic E-state index is 0.208. The smallest absolute Gasteiger partial charge is 0.416 e. The summed E-state index contributed by atoms with van der Waals surface area (Å²) in [4.78, 5) is 25.5. The van der Waals surface area contributed by atoms with Crippen LogP contribution in [0.15, 0.2) is 54.6 Å². The van der Waals surface area contributed by atoms with Crippen LogP contribution in [-0.2, 0) is 10.9 Å². The van der Waals surface area contributed by atoms with Gasteiger partial charge in [-0.15, -0.1) is 11.3 Å². The van der Waals surface area contributed by atoms with Crippen molar-refractivity contribution >= 4 is 44.8 Å².